The smallest absolute Gasteiger partial charge is 0.292 e. The molecule has 0 bridgehead atoms. The molecule has 2 aromatic carbocycles. The molecule has 2 aromatic rings. The molecule has 0 aliphatic heterocycles. The molecule has 0 saturated carbocycles. The lowest BCUT2D eigenvalue weighted by Crippen LogP contribution is -2.09. The predicted molar refractivity (Wildman–Crippen MR) is 85.7 cm³/mol. The Morgan fingerprint density at radius 2 is 1.86 bits per heavy atom. The molecule has 0 fully saturated rings. The Labute approximate surface area is 125 Å². The molecule has 2 rings (SSSR count). The zero-order valence-electron chi connectivity index (χ0n) is 12.6. The van der Waals surface area contributed by atoms with Gasteiger partial charge in [0.05, 0.1) is 4.92 Å². The summed E-state index contributed by atoms with van der Waals surface area (Å²) in [5, 5.41) is 14.4. The minimum atomic E-state index is -0.345. The van der Waals surface area contributed by atoms with Crippen molar-refractivity contribution in [3.05, 3.63) is 69.3 Å². The average molecular weight is 284 g/mol. The lowest BCUT2D eigenvalue weighted by Gasteiger charge is -2.17. The Balaban J connectivity index is 2.26. The van der Waals surface area contributed by atoms with Crippen LogP contribution in [0.4, 0.5) is 11.4 Å². The van der Waals surface area contributed by atoms with Gasteiger partial charge in [-0.25, -0.2) is 0 Å². The molecular weight excluding hydrogens is 264 g/mol. The lowest BCUT2D eigenvalue weighted by molar-refractivity contribution is -0.384. The molecule has 0 heterocycles. The number of para-hydroxylation sites is 1. The quantitative estimate of drug-likeness (QED) is 0.643. The van der Waals surface area contributed by atoms with E-state index in [9.17, 15) is 10.1 Å². The number of aryl methyl sites for hydroxylation is 2. The first-order valence-electron chi connectivity index (χ1n) is 7.12. The Hall–Kier alpha value is -2.36. The number of benzene rings is 2. The SMILES string of the molecule is CCc1ccc(C(C)Nc2c(C)cccc2[N+](=O)[O-])cc1. The molecule has 0 radical (unpaired) electrons. The van der Waals surface area contributed by atoms with Crippen LogP contribution in [-0.2, 0) is 6.42 Å². The average Bonchev–Trinajstić information content (AvgIpc) is 2.49. The van der Waals surface area contributed by atoms with Crippen LogP contribution in [0.15, 0.2) is 42.5 Å². The summed E-state index contributed by atoms with van der Waals surface area (Å²) in [5.74, 6) is 0. The van der Waals surface area contributed by atoms with Crippen LogP contribution >= 0.6 is 0 Å². The van der Waals surface area contributed by atoms with Gasteiger partial charge in [0, 0.05) is 12.1 Å². The monoisotopic (exact) mass is 284 g/mol. The van der Waals surface area contributed by atoms with Crippen LogP contribution in [-0.4, -0.2) is 4.92 Å². The van der Waals surface area contributed by atoms with Crippen LogP contribution in [0.5, 0.6) is 0 Å². The van der Waals surface area contributed by atoms with Crippen molar-refractivity contribution in [3.63, 3.8) is 0 Å². The number of nitrogens with one attached hydrogen (secondary N) is 1. The third-order valence-corrected chi connectivity index (χ3v) is 3.70. The normalized spacial score (nSPS) is 12.0. The topological polar surface area (TPSA) is 55.2 Å². The highest BCUT2D eigenvalue weighted by atomic mass is 16.6. The highest BCUT2D eigenvalue weighted by Gasteiger charge is 2.17. The molecule has 110 valence electrons. The Bertz CT molecular complexity index is 636. The first-order chi connectivity index (χ1) is 10.0. The number of hydrogen-bond acceptors (Lipinski definition) is 3. The van der Waals surface area contributed by atoms with Crippen LogP contribution in [0, 0.1) is 17.0 Å². The molecular formula is C17H20N2O2. The Kier molecular flexibility index (Phi) is 4.58. The van der Waals surface area contributed by atoms with Crippen molar-refractivity contribution in [3.8, 4) is 0 Å². The summed E-state index contributed by atoms with van der Waals surface area (Å²) in [5.41, 5.74) is 3.99. The van der Waals surface area contributed by atoms with Crippen molar-refractivity contribution in [1.82, 2.24) is 0 Å². The van der Waals surface area contributed by atoms with Crippen LogP contribution in [0.1, 0.15) is 36.6 Å². The van der Waals surface area contributed by atoms with Gasteiger partial charge in [0.1, 0.15) is 5.69 Å². The van der Waals surface area contributed by atoms with E-state index >= 15 is 0 Å². The molecule has 0 amide bonds. The van der Waals surface area contributed by atoms with Crippen molar-refractivity contribution < 1.29 is 4.92 Å². The molecule has 21 heavy (non-hydrogen) atoms. The van der Waals surface area contributed by atoms with Crippen LogP contribution in [0.3, 0.4) is 0 Å². The first-order valence-corrected chi connectivity index (χ1v) is 7.12. The number of nitro benzene ring substituents is 1. The number of hydrogen-bond donors (Lipinski definition) is 1. The maximum absolute atomic E-state index is 11.1. The maximum Gasteiger partial charge on any atom is 0.292 e. The van der Waals surface area contributed by atoms with Crippen LogP contribution < -0.4 is 5.32 Å². The van der Waals surface area contributed by atoms with Gasteiger partial charge in [-0.15, -0.1) is 0 Å². The van der Waals surface area contributed by atoms with Crippen LogP contribution in [0.25, 0.3) is 0 Å². The third-order valence-electron chi connectivity index (χ3n) is 3.70. The number of anilines is 1. The minimum Gasteiger partial charge on any atom is -0.373 e. The van der Waals surface area contributed by atoms with E-state index in [4.69, 9.17) is 0 Å². The second-order valence-electron chi connectivity index (χ2n) is 5.19. The fraction of sp³-hybridized carbons (Fsp3) is 0.294. The van der Waals surface area contributed by atoms with Gasteiger partial charge in [-0.3, -0.25) is 10.1 Å². The standard InChI is InChI=1S/C17H20N2O2/c1-4-14-8-10-15(11-9-14)13(3)18-17-12(2)6-5-7-16(17)19(20)21/h5-11,13,18H,4H2,1-3H3. The highest BCUT2D eigenvalue weighted by molar-refractivity contribution is 5.66. The van der Waals surface area contributed by atoms with Gasteiger partial charge in [-0.1, -0.05) is 43.3 Å². The van der Waals surface area contributed by atoms with Gasteiger partial charge in [0.2, 0.25) is 0 Å². The third kappa shape index (κ3) is 3.40. The molecule has 1 unspecified atom stereocenters. The van der Waals surface area contributed by atoms with Crippen molar-refractivity contribution >= 4 is 11.4 Å². The molecule has 0 saturated heterocycles. The summed E-state index contributed by atoms with van der Waals surface area (Å²) in [6, 6.07) is 13.5. The molecule has 4 heteroatoms. The lowest BCUT2D eigenvalue weighted by atomic mass is 10.0. The Morgan fingerprint density at radius 1 is 1.19 bits per heavy atom. The minimum absolute atomic E-state index is 0.00991. The molecule has 0 aromatic heterocycles. The predicted octanol–water partition coefficient (Wildman–Crippen LogP) is 4.64. The van der Waals surface area contributed by atoms with Gasteiger partial charge in [-0.2, -0.15) is 0 Å². The Morgan fingerprint density at radius 3 is 2.43 bits per heavy atom. The van der Waals surface area contributed by atoms with Crippen molar-refractivity contribution in [2.45, 2.75) is 33.2 Å². The summed E-state index contributed by atoms with van der Waals surface area (Å²) in [4.78, 5) is 10.8. The van der Waals surface area contributed by atoms with E-state index in [0.717, 1.165) is 17.5 Å². The van der Waals surface area contributed by atoms with Crippen LogP contribution in [0.2, 0.25) is 0 Å². The number of nitro groups is 1. The molecule has 0 aliphatic rings. The fourth-order valence-electron chi connectivity index (χ4n) is 2.33. The van der Waals surface area contributed by atoms with Crippen molar-refractivity contribution in [1.29, 1.82) is 0 Å². The van der Waals surface area contributed by atoms with Gasteiger partial charge in [-0.05, 0) is 37.0 Å². The summed E-state index contributed by atoms with van der Waals surface area (Å²) in [6.45, 7) is 6.01. The van der Waals surface area contributed by atoms with E-state index in [1.807, 2.05) is 19.9 Å². The maximum atomic E-state index is 11.1. The van der Waals surface area contributed by atoms with Gasteiger partial charge in [0.25, 0.3) is 5.69 Å². The van der Waals surface area contributed by atoms with Crippen molar-refractivity contribution in [2.75, 3.05) is 5.32 Å². The van der Waals surface area contributed by atoms with E-state index < -0.39 is 0 Å². The zero-order chi connectivity index (χ0) is 15.4. The highest BCUT2D eigenvalue weighted by Crippen LogP contribution is 2.31. The van der Waals surface area contributed by atoms with E-state index in [0.29, 0.717) is 5.69 Å². The molecule has 0 aliphatic carbocycles. The molecule has 1 N–H and O–H groups in total. The van der Waals surface area contributed by atoms with E-state index in [2.05, 4.69) is 36.5 Å². The van der Waals surface area contributed by atoms with E-state index in [1.165, 1.54) is 11.6 Å². The van der Waals surface area contributed by atoms with E-state index in [-0.39, 0.29) is 16.7 Å². The molecule has 4 nitrogen and oxygen atoms in total. The first kappa shape index (κ1) is 15.0. The largest absolute Gasteiger partial charge is 0.373 e. The number of nitrogens with zero attached hydrogens (tertiary/aromatic N) is 1. The van der Waals surface area contributed by atoms with Crippen molar-refractivity contribution in [2.24, 2.45) is 0 Å². The molecule has 1 atom stereocenters. The number of rotatable bonds is 5. The van der Waals surface area contributed by atoms with Gasteiger partial charge in [0.15, 0.2) is 0 Å². The molecule has 0 spiro atoms. The second kappa shape index (κ2) is 6.39. The van der Waals surface area contributed by atoms with Gasteiger partial charge >= 0.3 is 0 Å². The zero-order valence-corrected chi connectivity index (χ0v) is 12.6. The fourth-order valence-corrected chi connectivity index (χ4v) is 2.33. The summed E-state index contributed by atoms with van der Waals surface area (Å²) in [6.07, 6.45) is 1.01. The van der Waals surface area contributed by atoms with E-state index in [1.54, 1.807) is 6.07 Å². The second-order valence-corrected chi connectivity index (χ2v) is 5.19. The summed E-state index contributed by atoms with van der Waals surface area (Å²) < 4.78 is 0. The van der Waals surface area contributed by atoms with Gasteiger partial charge < -0.3 is 5.32 Å². The summed E-state index contributed by atoms with van der Waals surface area (Å²) >= 11 is 0. The summed E-state index contributed by atoms with van der Waals surface area (Å²) in [7, 11) is 0.